The van der Waals surface area contributed by atoms with Crippen molar-refractivity contribution < 1.29 is 32.9 Å². The van der Waals surface area contributed by atoms with Gasteiger partial charge in [-0.2, -0.15) is 4.98 Å². The third-order valence-corrected chi connectivity index (χ3v) is 4.64. The molecular weight excluding hydrogens is 381 g/mol. The molecule has 0 amide bonds. The zero-order chi connectivity index (χ0) is 19.5. The number of nitrogens with two attached hydrogens (primary N) is 1. The van der Waals surface area contributed by atoms with Gasteiger partial charge in [0.2, 0.25) is 12.7 Å². The summed E-state index contributed by atoms with van der Waals surface area (Å²) in [5, 5.41) is 0. The van der Waals surface area contributed by atoms with Gasteiger partial charge in [0.1, 0.15) is 11.1 Å². The minimum atomic E-state index is -3.60. The number of hydrogen-bond donors (Lipinski definition) is 1. The Bertz CT molecular complexity index is 869. The average Bonchev–Trinajstić information content (AvgIpc) is 3.27. The standard InChI is InChI=1S/C14H20N5O7P/c1-3-22-13(20)23-9-24-27(2,21)26-25-14(4-5-14)7-19-8-17-10-6-16-12(15)18-11(10)19/h6,8H,3-5,7,9H2,1-2H3,(H2,15,16,18). The highest BCUT2D eigenvalue weighted by atomic mass is 31.2. The molecule has 0 saturated heterocycles. The Kier molecular flexibility index (Phi) is 5.61. The summed E-state index contributed by atoms with van der Waals surface area (Å²) in [5.74, 6) is 0.138. The Morgan fingerprint density at radius 3 is 2.85 bits per heavy atom. The maximum Gasteiger partial charge on any atom is 0.510 e. The van der Waals surface area contributed by atoms with Crippen molar-refractivity contribution in [2.24, 2.45) is 0 Å². The van der Waals surface area contributed by atoms with E-state index in [0.29, 0.717) is 30.6 Å². The monoisotopic (exact) mass is 401 g/mol. The van der Waals surface area contributed by atoms with Crippen molar-refractivity contribution >= 4 is 30.9 Å². The molecule has 1 atom stereocenters. The molecule has 1 aliphatic carbocycles. The number of nitrogen functional groups attached to an aromatic ring is 1. The highest BCUT2D eigenvalue weighted by Crippen LogP contribution is 2.50. The van der Waals surface area contributed by atoms with Gasteiger partial charge in [-0.25, -0.2) is 19.7 Å². The molecule has 0 aliphatic heterocycles. The Labute approximate surface area is 154 Å². The van der Waals surface area contributed by atoms with Gasteiger partial charge in [0, 0.05) is 6.66 Å². The van der Waals surface area contributed by atoms with Crippen molar-refractivity contribution in [1.82, 2.24) is 19.5 Å². The van der Waals surface area contributed by atoms with Gasteiger partial charge in [0.05, 0.1) is 25.7 Å². The van der Waals surface area contributed by atoms with Gasteiger partial charge in [0.25, 0.3) is 0 Å². The quantitative estimate of drug-likeness (QED) is 0.215. The first kappa shape index (κ1) is 19.5. The molecule has 27 heavy (non-hydrogen) atoms. The van der Waals surface area contributed by atoms with Crippen LogP contribution in [0.25, 0.3) is 11.2 Å². The highest BCUT2D eigenvalue weighted by molar-refractivity contribution is 7.52. The topological polar surface area (TPSA) is 150 Å². The van der Waals surface area contributed by atoms with Gasteiger partial charge < -0.3 is 19.8 Å². The molecule has 12 nitrogen and oxygen atoms in total. The summed E-state index contributed by atoms with van der Waals surface area (Å²) in [6.45, 7) is 2.79. The number of hydrogen-bond acceptors (Lipinski definition) is 11. The first-order valence-corrected chi connectivity index (χ1v) is 10.1. The van der Waals surface area contributed by atoms with Crippen LogP contribution in [0, 0.1) is 0 Å². The molecule has 148 valence electrons. The second kappa shape index (κ2) is 7.77. The van der Waals surface area contributed by atoms with Crippen molar-refractivity contribution in [2.45, 2.75) is 31.9 Å². The zero-order valence-electron chi connectivity index (χ0n) is 14.9. The molecule has 0 bridgehead atoms. The van der Waals surface area contributed by atoms with Crippen LogP contribution in [0.1, 0.15) is 19.8 Å². The Morgan fingerprint density at radius 1 is 1.37 bits per heavy atom. The summed E-state index contributed by atoms with van der Waals surface area (Å²) >= 11 is 0. The fraction of sp³-hybridized carbons (Fsp3) is 0.571. The van der Waals surface area contributed by atoms with Crippen molar-refractivity contribution in [1.29, 1.82) is 0 Å². The van der Waals surface area contributed by atoms with Crippen molar-refractivity contribution in [3.63, 3.8) is 0 Å². The van der Waals surface area contributed by atoms with Crippen molar-refractivity contribution in [2.75, 3.05) is 25.8 Å². The van der Waals surface area contributed by atoms with Gasteiger partial charge >= 0.3 is 13.8 Å². The van der Waals surface area contributed by atoms with Crippen LogP contribution < -0.4 is 5.73 Å². The van der Waals surface area contributed by atoms with E-state index in [1.807, 2.05) is 0 Å². The molecule has 1 unspecified atom stereocenters. The molecule has 3 rings (SSSR count). The molecule has 0 aromatic carbocycles. The van der Waals surface area contributed by atoms with E-state index in [1.165, 1.54) is 12.9 Å². The summed E-state index contributed by atoms with van der Waals surface area (Å²) in [6, 6.07) is 0. The van der Waals surface area contributed by atoms with E-state index < -0.39 is 26.1 Å². The van der Waals surface area contributed by atoms with Crippen LogP contribution in [-0.2, 0) is 34.7 Å². The van der Waals surface area contributed by atoms with E-state index in [1.54, 1.807) is 17.8 Å². The van der Waals surface area contributed by atoms with E-state index in [0.717, 1.165) is 0 Å². The highest BCUT2D eigenvalue weighted by Gasteiger charge is 2.48. The largest absolute Gasteiger partial charge is 0.510 e. The number of carbonyl (C=O) groups is 1. The van der Waals surface area contributed by atoms with Crippen LogP contribution in [-0.4, -0.2) is 51.3 Å². The summed E-state index contributed by atoms with van der Waals surface area (Å²) in [6.07, 6.45) is 3.57. The lowest BCUT2D eigenvalue weighted by atomic mass is 10.3. The van der Waals surface area contributed by atoms with Crippen molar-refractivity contribution in [3.8, 4) is 0 Å². The molecule has 1 aliphatic rings. The maximum absolute atomic E-state index is 12.2. The number of ether oxygens (including phenoxy) is 2. The number of carbonyl (C=O) groups excluding carboxylic acids is 1. The van der Waals surface area contributed by atoms with Crippen LogP contribution >= 0.6 is 7.60 Å². The number of imidazole rings is 1. The Hall–Kier alpha value is -2.27. The molecule has 2 N–H and O–H groups in total. The third-order valence-electron chi connectivity index (χ3n) is 3.72. The van der Waals surface area contributed by atoms with Crippen LogP contribution in [0.15, 0.2) is 12.5 Å². The molecule has 2 heterocycles. The second-order valence-corrected chi connectivity index (χ2v) is 7.95. The van der Waals surface area contributed by atoms with E-state index in [-0.39, 0.29) is 12.6 Å². The average molecular weight is 401 g/mol. The van der Waals surface area contributed by atoms with Crippen LogP contribution in [0.5, 0.6) is 0 Å². The van der Waals surface area contributed by atoms with Crippen LogP contribution in [0.4, 0.5) is 10.7 Å². The van der Waals surface area contributed by atoms with Crippen molar-refractivity contribution in [3.05, 3.63) is 12.5 Å². The minimum absolute atomic E-state index is 0.138. The zero-order valence-corrected chi connectivity index (χ0v) is 15.8. The second-order valence-electron chi connectivity index (χ2n) is 6.00. The SMILES string of the molecule is CCOC(=O)OCOP(C)(=O)OOC1(Cn2cnc3cnc(N)nc32)CC1. The lowest BCUT2D eigenvalue weighted by Crippen LogP contribution is -2.22. The summed E-state index contributed by atoms with van der Waals surface area (Å²) < 4.78 is 33.0. The van der Waals surface area contributed by atoms with Gasteiger partial charge in [0.15, 0.2) is 5.65 Å². The molecule has 2 aromatic rings. The predicted molar refractivity (Wildman–Crippen MR) is 91.5 cm³/mol. The van der Waals surface area contributed by atoms with Gasteiger partial charge in [-0.15, -0.1) is 4.67 Å². The van der Waals surface area contributed by atoms with Crippen LogP contribution in [0.2, 0.25) is 0 Å². The van der Waals surface area contributed by atoms with Gasteiger partial charge in [-0.3, -0.25) is 9.09 Å². The number of fused-ring (bicyclic) bond motifs is 1. The van der Waals surface area contributed by atoms with E-state index >= 15 is 0 Å². The third kappa shape index (κ3) is 5.13. The first-order valence-electron chi connectivity index (χ1n) is 8.15. The fourth-order valence-corrected chi connectivity index (χ4v) is 2.78. The first-order chi connectivity index (χ1) is 12.8. The molecule has 0 spiro atoms. The molecule has 1 saturated carbocycles. The lowest BCUT2D eigenvalue weighted by Gasteiger charge is -2.19. The molecule has 0 radical (unpaired) electrons. The smallest absolute Gasteiger partial charge is 0.435 e. The predicted octanol–water partition coefficient (Wildman–Crippen LogP) is 1.86. The molecular formula is C14H20N5O7P. The number of aromatic nitrogens is 4. The normalized spacial score (nSPS) is 17.4. The summed E-state index contributed by atoms with van der Waals surface area (Å²) in [7, 11) is -3.60. The minimum Gasteiger partial charge on any atom is -0.435 e. The van der Waals surface area contributed by atoms with Gasteiger partial charge in [-0.1, -0.05) is 0 Å². The van der Waals surface area contributed by atoms with E-state index in [2.05, 4.69) is 24.4 Å². The maximum atomic E-state index is 12.2. The van der Waals surface area contributed by atoms with E-state index in [9.17, 15) is 9.36 Å². The molecule has 2 aromatic heterocycles. The molecule has 13 heteroatoms. The Morgan fingerprint density at radius 2 is 2.15 bits per heavy atom. The lowest BCUT2D eigenvalue weighted by molar-refractivity contribution is -0.268. The number of nitrogens with zero attached hydrogens (tertiary/aromatic N) is 4. The number of rotatable bonds is 9. The summed E-state index contributed by atoms with van der Waals surface area (Å²) in [4.78, 5) is 28.7. The van der Waals surface area contributed by atoms with Crippen LogP contribution in [0.3, 0.4) is 0 Å². The number of anilines is 1. The molecule has 1 fully saturated rings. The van der Waals surface area contributed by atoms with Gasteiger partial charge in [-0.05, 0) is 19.8 Å². The Balaban J connectivity index is 1.53. The fourth-order valence-electron chi connectivity index (χ4n) is 2.20. The van der Waals surface area contributed by atoms with E-state index in [4.69, 9.17) is 19.8 Å². The summed E-state index contributed by atoms with van der Waals surface area (Å²) in [5.41, 5.74) is 6.10.